The summed E-state index contributed by atoms with van der Waals surface area (Å²) in [6.45, 7) is 2.28. The van der Waals surface area contributed by atoms with Crippen LogP contribution in [0.25, 0.3) is 0 Å². The van der Waals surface area contributed by atoms with Crippen LogP contribution in [0.3, 0.4) is 0 Å². The Morgan fingerprint density at radius 3 is 2.50 bits per heavy atom. The fourth-order valence-electron chi connectivity index (χ4n) is 4.98. The Morgan fingerprint density at radius 1 is 0.938 bits per heavy atom. The number of carbonyl (C=O) groups is 2. The fraction of sp³-hybridized carbons (Fsp3) is 0.308. The number of likely N-dealkylation sites (tertiary alicyclic amines) is 1. The number of amides is 2. The van der Waals surface area contributed by atoms with Crippen molar-refractivity contribution in [3.05, 3.63) is 87.6 Å². The quantitative estimate of drug-likeness (QED) is 0.604. The van der Waals surface area contributed by atoms with E-state index in [9.17, 15) is 9.59 Å². The molecule has 0 aliphatic carbocycles. The van der Waals surface area contributed by atoms with Crippen LogP contribution in [0.15, 0.2) is 66.0 Å². The van der Waals surface area contributed by atoms with Gasteiger partial charge in [-0.15, -0.1) is 11.3 Å². The highest BCUT2D eigenvalue weighted by Crippen LogP contribution is 2.39. The molecule has 0 radical (unpaired) electrons. The molecule has 2 atom stereocenters. The van der Waals surface area contributed by atoms with Crippen molar-refractivity contribution in [2.24, 2.45) is 5.92 Å². The zero-order chi connectivity index (χ0) is 22.1. The molecule has 0 N–H and O–H groups in total. The summed E-state index contributed by atoms with van der Waals surface area (Å²) < 4.78 is 5.62. The van der Waals surface area contributed by atoms with Gasteiger partial charge in [-0.3, -0.25) is 9.59 Å². The minimum Gasteiger partial charge on any atom is -0.496 e. The van der Waals surface area contributed by atoms with Crippen molar-refractivity contribution in [2.75, 3.05) is 26.7 Å². The standard InChI is InChI=1S/C26H26N2O3S/c1-31-23-10-5-4-9-20(23)21-16-28(26(30)24-11-6-14-32-24)17-22(21)25(29)27-13-12-18-7-2-3-8-19(18)15-27/h2-11,14,21-22H,12-13,15-17H2,1H3. The average Bonchev–Trinajstić information content (AvgIpc) is 3.53. The Kier molecular flexibility index (Phi) is 5.70. The largest absolute Gasteiger partial charge is 0.496 e. The molecule has 1 aromatic heterocycles. The number of carbonyl (C=O) groups excluding carboxylic acids is 2. The van der Waals surface area contributed by atoms with Gasteiger partial charge in [0.25, 0.3) is 5.91 Å². The van der Waals surface area contributed by atoms with Gasteiger partial charge in [0.15, 0.2) is 0 Å². The molecule has 2 amide bonds. The van der Waals surface area contributed by atoms with Crippen molar-refractivity contribution in [1.82, 2.24) is 9.80 Å². The van der Waals surface area contributed by atoms with Crippen LogP contribution >= 0.6 is 11.3 Å². The SMILES string of the molecule is COc1ccccc1C1CN(C(=O)c2cccs2)CC1C(=O)N1CCc2ccccc2C1. The van der Waals surface area contributed by atoms with Gasteiger partial charge < -0.3 is 14.5 Å². The second-order valence-corrected chi connectivity index (χ2v) is 9.37. The number of thiophene rings is 1. The Bertz CT molecular complexity index is 1130. The number of benzene rings is 2. The highest BCUT2D eigenvalue weighted by atomic mass is 32.1. The van der Waals surface area contributed by atoms with Crippen LogP contribution in [0.2, 0.25) is 0 Å². The van der Waals surface area contributed by atoms with E-state index in [-0.39, 0.29) is 23.7 Å². The number of ether oxygens (including phenoxy) is 1. The molecule has 5 nitrogen and oxygen atoms in total. The Balaban J connectivity index is 1.45. The molecule has 0 spiro atoms. The maximum Gasteiger partial charge on any atom is 0.263 e. The predicted molar refractivity (Wildman–Crippen MR) is 125 cm³/mol. The zero-order valence-electron chi connectivity index (χ0n) is 18.1. The predicted octanol–water partition coefficient (Wildman–Crippen LogP) is 4.20. The molecule has 3 heterocycles. The highest BCUT2D eigenvalue weighted by Gasteiger charge is 2.43. The molecule has 5 rings (SSSR count). The van der Waals surface area contributed by atoms with Crippen molar-refractivity contribution in [2.45, 2.75) is 18.9 Å². The number of fused-ring (bicyclic) bond motifs is 1. The molecule has 2 aromatic carbocycles. The summed E-state index contributed by atoms with van der Waals surface area (Å²) in [5.41, 5.74) is 3.52. The van der Waals surface area contributed by atoms with Gasteiger partial charge in [0.2, 0.25) is 5.91 Å². The molecule has 1 saturated heterocycles. The first kappa shape index (κ1) is 20.8. The molecule has 2 aliphatic rings. The van der Waals surface area contributed by atoms with Gasteiger partial charge in [-0.25, -0.2) is 0 Å². The van der Waals surface area contributed by atoms with Gasteiger partial charge in [-0.2, -0.15) is 0 Å². The first-order valence-corrected chi connectivity index (χ1v) is 11.8. The molecule has 6 heteroatoms. The van der Waals surface area contributed by atoms with Crippen LogP contribution in [0, 0.1) is 5.92 Å². The zero-order valence-corrected chi connectivity index (χ0v) is 18.9. The van der Waals surface area contributed by atoms with Gasteiger partial charge >= 0.3 is 0 Å². The first-order valence-electron chi connectivity index (χ1n) is 11.0. The van der Waals surface area contributed by atoms with Gasteiger partial charge in [-0.05, 0) is 40.6 Å². The van der Waals surface area contributed by atoms with E-state index < -0.39 is 0 Å². The van der Waals surface area contributed by atoms with Crippen molar-refractivity contribution < 1.29 is 14.3 Å². The second-order valence-electron chi connectivity index (χ2n) is 8.42. The molecule has 1 fully saturated rings. The van der Waals surface area contributed by atoms with E-state index >= 15 is 0 Å². The van der Waals surface area contributed by atoms with Crippen LogP contribution < -0.4 is 4.74 Å². The lowest BCUT2D eigenvalue weighted by atomic mass is 9.86. The van der Waals surface area contributed by atoms with Crippen LogP contribution in [-0.4, -0.2) is 48.4 Å². The molecule has 32 heavy (non-hydrogen) atoms. The van der Waals surface area contributed by atoms with Gasteiger partial charge in [0.1, 0.15) is 5.75 Å². The van der Waals surface area contributed by atoms with E-state index in [1.807, 2.05) is 57.6 Å². The third-order valence-electron chi connectivity index (χ3n) is 6.64. The lowest BCUT2D eigenvalue weighted by Crippen LogP contribution is -2.42. The van der Waals surface area contributed by atoms with E-state index in [1.165, 1.54) is 22.5 Å². The van der Waals surface area contributed by atoms with Crippen molar-refractivity contribution in [1.29, 1.82) is 0 Å². The summed E-state index contributed by atoms with van der Waals surface area (Å²) in [6, 6.07) is 19.9. The molecule has 2 unspecified atom stereocenters. The summed E-state index contributed by atoms with van der Waals surface area (Å²) in [5.74, 6) is 0.501. The van der Waals surface area contributed by atoms with Gasteiger partial charge in [0.05, 0.1) is 17.9 Å². The summed E-state index contributed by atoms with van der Waals surface area (Å²) in [6.07, 6.45) is 0.867. The Morgan fingerprint density at radius 2 is 1.72 bits per heavy atom. The van der Waals surface area contributed by atoms with E-state index in [1.54, 1.807) is 7.11 Å². The van der Waals surface area contributed by atoms with Crippen molar-refractivity contribution in [3.63, 3.8) is 0 Å². The van der Waals surface area contributed by atoms with Crippen molar-refractivity contribution in [3.8, 4) is 5.75 Å². The maximum atomic E-state index is 13.8. The van der Waals surface area contributed by atoms with Crippen LogP contribution in [0.4, 0.5) is 0 Å². The number of hydrogen-bond acceptors (Lipinski definition) is 4. The first-order chi connectivity index (χ1) is 15.7. The number of methoxy groups -OCH3 is 1. The lowest BCUT2D eigenvalue weighted by molar-refractivity contribution is -0.136. The van der Waals surface area contributed by atoms with Crippen LogP contribution in [0.5, 0.6) is 5.75 Å². The molecule has 0 bridgehead atoms. The molecule has 2 aliphatic heterocycles. The second kappa shape index (κ2) is 8.79. The van der Waals surface area contributed by atoms with Crippen molar-refractivity contribution >= 4 is 23.2 Å². The van der Waals surface area contributed by atoms with E-state index in [0.717, 1.165) is 17.7 Å². The minimum atomic E-state index is -0.291. The number of nitrogens with zero attached hydrogens (tertiary/aromatic N) is 2. The summed E-state index contributed by atoms with van der Waals surface area (Å²) >= 11 is 1.44. The number of hydrogen-bond donors (Lipinski definition) is 0. The fourth-order valence-corrected chi connectivity index (χ4v) is 5.67. The van der Waals surface area contributed by atoms with Crippen LogP contribution in [0.1, 0.15) is 32.3 Å². The number of rotatable bonds is 4. The maximum absolute atomic E-state index is 13.8. The third-order valence-corrected chi connectivity index (χ3v) is 7.49. The number of para-hydroxylation sites is 1. The van der Waals surface area contributed by atoms with E-state index in [0.29, 0.717) is 31.1 Å². The van der Waals surface area contributed by atoms with Gasteiger partial charge in [0, 0.05) is 32.1 Å². The summed E-state index contributed by atoms with van der Waals surface area (Å²) in [7, 11) is 1.65. The molecule has 0 saturated carbocycles. The molecular formula is C26H26N2O3S. The smallest absolute Gasteiger partial charge is 0.263 e. The van der Waals surface area contributed by atoms with Gasteiger partial charge in [-0.1, -0.05) is 48.5 Å². The van der Waals surface area contributed by atoms with E-state index in [2.05, 4.69) is 18.2 Å². The minimum absolute atomic E-state index is 0.000752. The molecule has 3 aromatic rings. The monoisotopic (exact) mass is 446 g/mol. The van der Waals surface area contributed by atoms with Crippen LogP contribution in [-0.2, 0) is 17.8 Å². The normalized spacial score (nSPS) is 20.2. The summed E-state index contributed by atoms with van der Waals surface area (Å²) in [4.78, 5) is 31.4. The average molecular weight is 447 g/mol. The molecule has 164 valence electrons. The third kappa shape index (κ3) is 3.79. The summed E-state index contributed by atoms with van der Waals surface area (Å²) in [5, 5.41) is 1.91. The Labute approximate surface area is 192 Å². The van der Waals surface area contributed by atoms with E-state index in [4.69, 9.17) is 4.74 Å². The lowest BCUT2D eigenvalue weighted by Gasteiger charge is -2.32. The Hall–Kier alpha value is -3.12. The topological polar surface area (TPSA) is 49.9 Å². The highest BCUT2D eigenvalue weighted by molar-refractivity contribution is 7.12. The molecular weight excluding hydrogens is 420 g/mol.